The highest BCUT2D eigenvalue weighted by atomic mass is 16.5. The Balaban J connectivity index is 1.38. The van der Waals surface area contributed by atoms with Gasteiger partial charge in [0.15, 0.2) is 12.4 Å². The molecule has 1 saturated heterocycles. The van der Waals surface area contributed by atoms with E-state index in [4.69, 9.17) is 4.74 Å². The molecule has 0 atom stereocenters. The van der Waals surface area contributed by atoms with Crippen LogP contribution >= 0.6 is 0 Å². The average molecular weight is 388 g/mol. The highest BCUT2D eigenvalue weighted by molar-refractivity contribution is 5.92. The van der Waals surface area contributed by atoms with E-state index in [0.29, 0.717) is 11.4 Å². The lowest BCUT2D eigenvalue weighted by molar-refractivity contribution is -0.118. The van der Waals surface area contributed by atoms with Gasteiger partial charge in [-0.05, 0) is 61.7 Å². The van der Waals surface area contributed by atoms with Gasteiger partial charge in [0.25, 0.3) is 5.91 Å². The zero-order chi connectivity index (χ0) is 20.1. The first kappa shape index (κ1) is 18.9. The number of hydrogen-bond acceptors (Lipinski definition) is 5. The molecule has 1 N–H and O–H groups in total. The molecule has 6 nitrogen and oxygen atoms in total. The minimum Gasteiger partial charge on any atom is -0.484 e. The number of amides is 1. The fourth-order valence-corrected chi connectivity index (χ4v) is 3.40. The van der Waals surface area contributed by atoms with Crippen molar-refractivity contribution in [3.8, 4) is 17.0 Å². The van der Waals surface area contributed by atoms with E-state index in [2.05, 4.69) is 20.4 Å². The Morgan fingerprint density at radius 3 is 2.62 bits per heavy atom. The van der Waals surface area contributed by atoms with Gasteiger partial charge in [0, 0.05) is 24.3 Å². The second kappa shape index (κ2) is 8.73. The molecular formula is C23H24N4O2. The van der Waals surface area contributed by atoms with Crippen LogP contribution in [0.2, 0.25) is 0 Å². The normalized spacial score (nSPS) is 13.3. The van der Waals surface area contributed by atoms with Crippen molar-refractivity contribution in [2.75, 3.05) is 29.9 Å². The van der Waals surface area contributed by atoms with Crippen LogP contribution in [0.3, 0.4) is 0 Å². The predicted octanol–water partition coefficient (Wildman–Crippen LogP) is 4.07. The molecule has 0 radical (unpaired) electrons. The number of ether oxygens (including phenoxy) is 1. The number of aryl methyl sites for hydroxylation is 1. The third-order valence-corrected chi connectivity index (χ3v) is 4.88. The number of hydrogen-bond donors (Lipinski definition) is 1. The number of anilines is 2. The van der Waals surface area contributed by atoms with Gasteiger partial charge in [-0.1, -0.05) is 24.3 Å². The van der Waals surface area contributed by atoms with Crippen LogP contribution in [0.25, 0.3) is 11.3 Å². The average Bonchev–Trinajstić information content (AvgIpc) is 3.28. The summed E-state index contributed by atoms with van der Waals surface area (Å²) in [5.74, 6) is 1.39. The third-order valence-electron chi connectivity index (χ3n) is 4.88. The van der Waals surface area contributed by atoms with E-state index < -0.39 is 0 Å². The molecule has 3 aromatic rings. The van der Waals surface area contributed by atoms with Crippen LogP contribution in [0.4, 0.5) is 11.5 Å². The minimum atomic E-state index is -0.209. The van der Waals surface area contributed by atoms with E-state index in [1.807, 2.05) is 67.6 Å². The monoisotopic (exact) mass is 388 g/mol. The molecule has 1 aliphatic rings. The summed E-state index contributed by atoms with van der Waals surface area (Å²) in [4.78, 5) is 14.5. The van der Waals surface area contributed by atoms with Crippen LogP contribution in [-0.2, 0) is 4.79 Å². The molecule has 1 aliphatic heterocycles. The fraction of sp³-hybridized carbons (Fsp3) is 0.261. The number of carbonyl (C=O) groups excluding carboxylic acids is 1. The van der Waals surface area contributed by atoms with Gasteiger partial charge in [-0.15, -0.1) is 10.2 Å². The highest BCUT2D eigenvalue weighted by Gasteiger charge is 2.14. The first-order valence-corrected chi connectivity index (χ1v) is 9.86. The zero-order valence-corrected chi connectivity index (χ0v) is 16.5. The summed E-state index contributed by atoms with van der Waals surface area (Å²) in [6, 6.07) is 19.2. The molecule has 0 spiro atoms. The molecule has 1 amide bonds. The van der Waals surface area contributed by atoms with Crippen molar-refractivity contribution in [3.63, 3.8) is 0 Å². The molecular weight excluding hydrogens is 364 g/mol. The lowest BCUT2D eigenvalue weighted by Crippen LogP contribution is -2.20. The van der Waals surface area contributed by atoms with Crippen LogP contribution in [0.1, 0.15) is 18.4 Å². The first-order chi connectivity index (χ1) is 14.2. The van der Waals surface area contributed by atoms with E-state index in [0.717, 1.165) is 35.7 Å². The molecule has 29 heavy (non-hydrogen) atoms. The van der Waals surface area contributed by atoms with E-state index in [9.17, 15) is 4.79 Å². The second-order valence-corrected chi connectivity index (χ2v) is 7.21. The van der Waals surface area contributed by atoms with Gasteiger partial charge < -0.3 is 15.0 Å². The van der Waals surface area contributed by atoms with Gasteiger partial charge in [-0.2, -0.15) is 0 Å². The molecule has 1 fully saturated rings. The SMILES string of the molecule is Cc1cccc(OCC(=O)Nc2cccc(-c3ccc(N4CCCC4)nn3)c2)c1. The minimum absolute atomic E-state index is 0.0436. The zero-order valence-electron chi connectivity index (χ0n) is 16.5. The molecule has 2 heterocycles. The Labute approximate surface area is 170 Å². The summed E-state index contributed by atoms with van der Waals surface area (Å²) in [5.41, 5.74) is 3.47. The van der Waals surface area contributed by atoms with Crippen LogP contribution in [-0.4, -0.2) is 35.8 Å². The smallest absolute Gasteiger partial charge is 0.262 e. The van der Waals surface area contributed by atoms with Gasteiger partial charge in [-0.3, -0.25) is 4.79 Å². The molecule has 0 aliphatic carbocycles. The number of aromatic nitrogens is 2. The summed E-state index contributed by atoms with van der Waals surface area (Å²) in [5, 5.41) is 11.6. The third kappa shape index (κ3) is 4.90. The lowest BCUT2D eigenvalue weighted by Gasteiger charge is -2.15. The van der Waals surface area contributed by atoms with Gasteiger partial charge in [0.1, 0.15) is 5.75 Å². The number of benzene rings is 2. The summed E-state index contributed by atoms with van der Waals surface area (Å²) in [6.45, 7) is 4.03. The van der Waals surface area contributed by atoms with Crippen molar-refractivity contribution in [2.24, 2.45) is 0 Å². The summed E-state index contributed by atoms with van der Waals surface area (Å²) in [6.07, 6.45) is 2.41. The quantitative estimate of drug-likeness (QED) is 0.689. The molecule has 0 bridgehead atoms. The maximum Gasteiger partial charge on any atom is 0.262 e. The molecule has 4 rings (SSSR count). The Morgan fingerprint density at radius 1 is 1.03 bits per heavy atom. The van der Waals surface area contributed by atoms with Gasteiger partial charge in [0.05, 0.1) is 5.69 Å². The maximum atomic E-state index is 12.2. The number of nitrogens with zero attached hydrogens (tertiary/aromatic N) is 3. The van der Waals surface area contributed by atoms with Crippen molar-refractivity contribution in [3.05, 3.63) is 66.2 Å². The van der Waals surface area contributed by atoms with Gasteiger partial charge >= 0.3 is 0 Å². The Hall–Kier alpha value is -3.41. The van der Waals surface area contributed by atoms with E-state index >= 15 is 0 Å². The van der Waals surface area contributed by atoms with Crippen molar-refractivity contribution in [1.82, 2.24) is 10.2 Å². The summed E-state index contributed by atoms with van der Waals surface area (Å²) < 4.78 is 5.56. The molecule has 1 aromatic heterocycles. The lowest BCUT2D eigenvalue weighted by atomic mass is 10.1. The van der Waals surface area contributed by atoms with Gasteiger partial charge in [0.2, 0.25) is 0 Å². The Bertz CT molecular complexity index is 982. The van der Waals surface area contributed by atoms with E-state index in [1.165, 1.54) is 12.8 Å². The fourth-order valence-electron chi connectivity index (χ4n) is 3.40. The number of carbonyl (C=O) groups is 1. The largest absolute Gasteiger partial charge is 0.484 e. The van der Waals surface area contributed by atoms with Crippen molar-refractivity contribution >= 4 is 17.4 Å². The first-order valence-electron chi connectivity index (χ1n) is 9.86. The van der Waals surface area contributed by atoms with Crippen LogP contribution < -0.4 is 15.0 Å². The van der Waals surface area contributed by atoms with Gasteiger partial charge in [-0.25, -0.2) is 0 Å². The second-order valence-electron chi connectivity index (χ2n) is 7.21. The number of nitrogens with one attached hydrogen (secondary N) is 1. The summed E-state index contributed by atoms with van der Waals surface area (Å²) >= 11 is 0. The molecule has 6 heteroatoms. The molecule has 0 saturated carbocycles. The Morgan fingerprint density at radius 2 is 1.86 bits per heavy atom. The molecule has 2 aromatic carbocycles. The summed E-state index contributed by atoms with van der Waals surface area (Å²) in [7, 11) is 0. The van der Waals surface area contributed by atoms with Crippen LogP contribution in [0.15, 0.2) is 60.7 Å². The highest BCUT2D eigenvalue weighted by Crippen LogP contribution is 2.23. The van der Waals surface area contributed by atoms with Crippen LogP contribution in [0, 0.1) is 6.92 Å². The van der Waals surface area contributed by atoms with Crippen molar-refractivity contribution < 1.29 is 9.53 Å². The predicted molar refractivity (Wildman–Crippen MR) is 114 cm³/mol. The van der Waals surface area contributed by atoms with E-state index in [1.54, 1.807) is 0 Å². The van der Waals surface area contributed by atoms with E-state index in [-0.39, 0.29) is 12.5 Å². The van der Waals surface area contributed by atoms with Crippen molar-refractivity contribution in [1.29, 1.82) is 0 Å². The molecule has 148 valence electrons. The maximum absolute atomic E-state index is 12.2. The molecule has 0 unspecified atom stereocenters. The standard InChI is InChI=1S/C23H24N4O2/c1-17-6-4-9-20(14-17)29-16-23(28)24-19-8-5-7-18(15-19)21-10-11-22(26-25-21)27-12-2-3-13-27/h4-11,14-15H,2-3,12-13,16H2,1H3,(H,24,28). The van der Waals surface area contributed by atoms with Crippen LogP contribution in [0.5, 0.6) is 5.75 Å². The van der Waals surface area contributed by atoms with Crippen molar-refractivity contribution in [2.45, 2.75) is 19.8 Å². The number of rotatable bonds is 6. The topological polar surface area (TPSA) is 67.3 Å². The Kier molecular flexibility index (Phi) is 5.70.